The molecule has 5 aromatic heterocycles. The standard InChI is InChI=1S/C24H28N2O5S.4C18H18N2O3S.CH4/c1-4-11-30-12-5-6-16(27)14-7-8-15-17(13-14)32-22(25-15)26-20(28)23(2)18-9-10-19(31-18)24(23,3)21(26)29;4*1-9-4-5-10-11(8-9)24-16(19-10)20-14(21)17(2)12-6-7-13(23-12)18(17,3)15(20)22;/h7-8,13,18-19H,4-6,9-12H2,1-3H3;4*4-5,8,12-13H,6-7H2,1-3H3;1H4/t18-,19+,23+,24-;4*12-,13+,17+,18-;. The van der Waals surface area contributed by atoms with E-state index in [0.717, 1.165) is 138 Å². The Bertz CT molecular complexity index is 5830. The Labute approximate surface area is 765 Å². The molecule has 32 heteroatoms. The van der Waals surface area contributed by atoms with Crippen LogP contribution in [0.3, 0.4) is 0 Å². The van der Waals surface area contributed by atoms with Crippen LogP contribution in [0, 0.1) is 81.8 Å². The average molecular weight is 1840 g/mol. The number of amides is 10. The number of anilines is 5. The molecule has 15 saturated heterocycles. The summed E-state index contributed by atoms with van der Waals surface area (Å²) in [7, 11) is 0. The fourth-order valence-corrected chi connectivity index (χ4v) is 29.6. The van der Waals surface area contributed by atoms with Gasteiger partial charge in [0.25, 0.3) is 0 Å². The highest BCUT2D eigenvalue weighted by Gasteiger charge is 2.83. The maximum Gasteiger partial charge on any atom is 0.245 e. The zero-order chi connectivity index (χ0) is 90.1. The van der Waals surface area contributed by atoms with Gasteiger partial charge in [0.05, 0.1) is 166 Å². The molecule has 10 aromatic rings. The molecule has 129 heavy (non-hydrogen) atoms. The van der Waals surface area contributed by atoms with Gasteiger partial charge in [-0.05, 0) is 263 Å². The van der Waals surface area contributed by atoms with Crippen molar-refractivity contribution in [3.8, 4) is 0 Å². The maximum atomic E-state index is 13.5. The summed E-state index contributed by atoms with van der Waals surface area (Å²) in [5.41, 5.74) is 1.23. The van der Waals surface area contributed by atoms with E-state index in [9.17, 15) is 52.7 Å². The first-order valence-electron chi connectivity index (χ1n) is 44.5. The van der Waals surface area contributed by atoms with Crippen LogP contribution in [0.4, 0.5) is 25.7 Å². The summed E-state index contributed by atoms with van der Waals surface area (Å²) in [5, 5.41) is 2.33. The van der Waals surface area contributed by atoms with Gasteiger partial charge in [0.15, 0.2) is 31.4 Å². The van der Waals surface area contributed by atoms with Crippen LogP contribution >= 0.6 is 56.7 Å². The van der Waals surface area contributed by atoms with E-state index in [-0.39, 0.29) is 133 Å². The third-order valence-electron chi connectivity index (χ3n) is 33.2. The molecule has 10 bridgehead atoms. The molecule has 0 unspecified atom stereocenters. The van der Waals surface area contributed by atoms with Crippen LogP contribution in [0.2, 0.25) is 0 Å². The van der Waals surface area contributed by atoms with E-state index in [1.807, 2.05) is 176 Å². The minimum absolute atomic E-state index is 0. The maximum absolute atomic E-state index is 13.5. The molecular weight excluding hydrogens is 1740 g/mol. The monoisotopic (exact) mass is 1840 g/mol. The van der Waals surface area contributed by atoms with Crippen LogP contribution in [0.15, 0.2) is 91.0 Å². The Morgan fingerprint density at radius 3 is 0.713 bits per heavy atom. The van der Waals surface area contributed by atoms with E-state index >= 15 is 0 Å². The van der Waals surface area contributed by atoms with Crippen LogP contribution in [-0.4, -0.2) is 164 Å². The van der Waals surface area contributed by atoms with Crippen LogP contribution in [-0.2, 0) is 76.4 Å². The minimum Gasteiger partial charge on any atom is -0.381 e. The Morgan fingerprint density at radius 2 is 0.512 bits per heavy atom. The van der Waals surface area contributed by atoms with Crippen molar-refractivity contribution >= 4 is 198 Å². The van der Waals surface area contributed by atoms with Crippen LogP contribution < -0.4 is 24.5 Å². The highest BCUT2D eigenvalue weighted by molar-refractivity contribution is 7.24. The molecule has 0 spiro atoms. The SMILES string of the molecule is C.CCCOCCCC(=O)c1ccc2nc(N3C(=O)[C@@]4(C)[C@@H]5CC[C@@H](O5)[C@@]4(C)C3=O)sc2c1.Cc1ccc2nc(N3C(=O)[C@@]4(C)[C@@H]5CC[C@@H](O5)[C@@]4(C)C3=O)sc2c1.Cc1ccc2nc(N3C(=O)[C@@]4(C)[C@@H]5CC[C@@H](O5)[C@@]4(C)C3=O)sc2c1.Cc1ccc2nc(N3C(=O)[C@@]4(C)[C@@H]5CC[C@@H](O5)[C@@]4(C)C3=O)sc2c1.Cc1ccc2nc(N3C(=O)[C@@]4(C)[C@@H]5CC[C@@H](O5)[C@@]4(C)C3=O)sc2c1. The number of ether oxygens (including phenoxy) is 6. The number of nitrogens with zero attached hydrogens (tertiary/aromatic N) is 10. The molecule has 15 aliphatic heterocycles. The van der Waals surface area contributed by atoms with E-state index in [1.54, 1.807) is 12.1 Å². The highest BCUT2D eigenvalue weighted by Crippen LogP contribution is 2.71. The lowest BCUT2D eigenvalue weighted by molar-refractivity contribution is -0.132. The molecule has 0 aliphatic carbocycles. The first-order valence-corrected chi connectivity index (χ1v) is 48.6. The number of hydrogen-bond donors (Lipinski definition) is 0. The number of aromatic nitrogens is 5. The molecule has 20 atom stereocenters. The van der Waals surface area contributed by atoms with Gasteiger partial charge in [-0.1, -0.05) is 95.3 Å². The van der Waals surface area contributed by atoms with E-state index in [0.29, 0.717) is 62.8 Å². The van der Waals surface area contributed by atoms with Gasteiger partial charge < -0.3 is 28.4 Å². The van der Waals surface area contributed by atoms with Crippen molar-refractivity contribution in [1.82, 2.24) is 24.9 Å². The molecule has 15 aliphatic rings. The Hall–Kier alpha value is -9.32. The van der Waals surface area contributed by atoms with Crippen LogP contribution in [0.25, 0.3) is 51.1 Å². The fraction of sp³-hybridized carbons (Fsp3) is 0.526. The summed E-state index contributed by atoms with van der Waals surface area (Å²) in [6, 6.07) is 29.2. The summed E-state index contributed by atoms with van der Waals surface area (Å²) < 4.78 is 40.1. The average Bonchev–Trinajstić information content (AvgIpc) is 1.53. The number of benzene rings is 5. The molecule has 15 fully saturated rings. The summed E-state index contributed by atoms with van der Waals surface area (Å²) >= 11 is 6.91. The number of fused-ring (bicyclic) bond motifs is 30. The molecule has 10 amide bonds. The number of Topliss-reactive ketones (excluding diaryl/α,β-unsaturated/α-hetero) is 1. The third kappa shape index (κ3) is 11.4. The van der Waals surface area contributed by atoms with Crippen molar-refractivity contribution in [3.63, 3.8) is 0 Å². The Kier molecular flexibility index (Phi) is 20.3. The predicted molar refractivity (Wildman–Crippen MR) is 491 cm³/mol. The lowest BCUT2D eigenvalue weighted by Gasteiger charge is -2.36. The molecule has 0 saturated carbocycles. The van der Waals surface area contributed by atoms with E-state index in [4.69, 9.17) is 28.4 Å². The number of carbonyl (C=O) groups is 11. The second-order valence-electron chi connectivity index (χ2n) is 39.4. The fourth-order valence-electron chi connectivity index (χ4n) is 24.4. The van der Waals surface area contributed by atoms with E-state index in [2.05, 4.69) is 31.8 Å². The molecule has 25 rings (SSSR count). The zero-order valence-corrected chi connectivity index (χ0v) is 78.1. The lowest BCUT2D eigenvalue weighted by atomic mass is 9.59. The van der Waals surface area contributed by atoms with Crippen molar-refractivity contribution in [1.29, 1.82) is 0 Å². The molecule has 0 N–H and O–H groups in total. The van der Waals surface area contributed by atoms with Gasteiger partial charge in [0.2, 0.25) is 59.1 Å². The molecule has 27 nitrogen and oxygen atoms in total. The van der Waals surface area contributed by atoms with Crippen LogP contribution in [0.1, 0.15) is 200 Å². The Balaban J connectivity index is 0.000000101. The molecule has 0 radical (unpaired) electrons. The normalized spacial score (nSPS) is 35.8. The van der Waals surface area contributed by atoms with Crippen molar-refractivity contribution in [2.45, 2.75) is 256 Å². The zero-order valence-electron chi connectivity index (χ0n) is 74.0. The second-order valence-corrected chi connectivity index (χ2v) is 44.4. The lowest BCUT2D eigenvalue weighted by Crippen LogP contribution is -2.48. The van der Waals surface area contributed by atoms with Crippen molar-refractivity contribution in [2.75, 3.05) is 37.7 Å². The first-order chi connectivity index (χ1) is 60.8. The van der Waals surface area contributed by atoms with Gasteiger partial charge in [0.1, 0.15) is 0 Å². The molecule has 674 valence electrons. The minimum atomic E-state index is -0.855. The van der Waals surface area contributed by atoms with Gasteiger partial charge in [-0.15, -0.1) is 0 Å². The number of imide groups is 5. The highest BCUT2D eigenvalue weighted by atomic mass is 32.1. The van der Waals surface area contributed by atoms with Gasteiger partial charge in [-0.3, -0.25) is 52.7 Å². The number of ketones is 1. The van der Waals surface area contributed by atoms with Gasteiger partial charge in [0, 0.05) is 25.2 Å². The summed E-state index contributed by atoms with van der Waals surface area (Å²) in [6.07, 6.45) is 8.74. The topological polar surface area (TPSA) is 324 Å². The van der Waals surface area contributed by atoms with Crippen molar-refractivity contribution < 1.29 is 81.2 Å². The second kappa shape index (κ2) is 29.8. The van der Waals surface area contributed by atoms with Gasteiger partial charge in [-0.2, -0.15) is 0 Å². The van der Waals surface area contributed by atoms with E-state index < -0.39 is 54.1 Å². The Morgan fingerprint density at radius 1 is 0.318 bits per heavy atom. The summed E-state index contributed by atoms with van der Waals surface area (Å²) in [5.74, 6) is -1.63. The van der Waals surface area contributed by atoms with E-state index in [1.165, 1.54) is 81.2 Å². The number of carbonyl (C=O) groups excluding carboxylic acids is 11. The largest absolute Gasteiger partial charge is 0.381 e. The summed E-state index contributed by atoms with van der Waals surface area (Å²) in [4.78, 5) is 175. The smallest absolute Gasteiger partial charge is 0.245 e. The van der Waals surface area contributed by atoms with Crippen molar-refractivity contribution in [2.24, 2.45) is 54.1 Å². The number of hydrogen-bond acceptors (Lipinski definition) is 27. The third-order valence-corrected chi connectivity index (χ3v) is 38.2. The van der Waals surface area contributed by atoms with Gasteiger partial charge in [-0.25, -0.2) is 49.4 Å². The number of rotatable bonds is 12. The number of aryl methyl sites for hydroxylation is 4. The van der Waals surface area contributed by atoms with Gasteiger partial charge >= 0.3 is 0 Å². The van der Waals surface area contributed by atoms with Crippen molar-refractivity contribution in [3.05, 3.63) is 119 Å². The number of thiazole rings is 5. The first kappa shape index (κ1) is 87.6. The summed E-state index contributed by atoms with van der Waals surface area (Å²) in [6.45, 7) is 30.3. The quantitative estimate of drug-likeness (QED) is 0.0623. The molecule has 20 heterocycles. The molecular formula is C97H104N10O17S5. The predicted octanol–water partition coefficient (Wildman–Crippen LogP) is 17.0. The molecule has 5 aromatic carbocycles. The van der Waals surface area contributed by atoms with Crippen LogP contribution in [0.5, 0.6) is 0 Å².